The number of aliphatic hydroxyl groups excluding tert-OH is 12. The first-order chi connectivity index (χ1) is 32.1. The molecule has 4 aliphatic heterocycles. The summed E-state index contributed by atoms with van der Waals surface area (Å²) in [4.78, 5) is 0. The Kier molecular flexibility index (Phi) is 16.1. The van der Waals surface area contributed by atoms with Gasteiger partial charge in [0.25, 0.3) is 0 Å². The minimum absolute atomic E-state index is 0.0606. The average Bonchev–Trinajstić information content (AvgIpc) is 3.60. The highest BCUT2D eigenvalue weighted by molar-refractivity contribution is 5.28. The minimum atomic E-state index is -1.70. The van der Waals surface area contributed by atoms with Gasteiger partial charge in [-0.05, 0) is 88.4 Å². The number of hydrogen-bond acceptors (Lipinski definition) is 22. The van der Waals surface area contributed by atoms with E-state index in [0.29, 0.717) is 38.5 Å². The molecule has 4 aliphatic carbocycles. The van der Waals surface area contributed by atoms with Crippen LogP contribution in [0.25, 0.3) is 0 Å². The van der Waals surface area contributed by atoms with Crippen molar-refractivity contribution in [2.45, 2.75) is 220 Å². The number of ether oxygens (including phenoxy) is 9. The Balaban J connectivity index is 0.883. The van der Waals surface area contributed by atoms with E-state index in [1.807, 2.05) is 6.92 Å². The molecule has 4 heterocycles. The van der Waals surface area contributed by atoms with Crippen LogP contribution in [-0.4, -0.2) is 234 Å². The molecule has 0 radical (unpaired) electrons. The van der Waals surface area contributed by atoms with Gasteiger partial charge in [0.05, 0.1) is 43.7 Å². The molecule has 22 heteroatoms. The quantitative estimate of drug-likeness (QED) is 0.0793. The molecule has 392 valence electrons. The number of methoxy groups -OCH3 is 1. The Labute approximate surface area is 395 Å². The van der Waals surface area contributed by atoms with Gasteiger partial charge in [0, 0.05) is 12.5 Å². The second kappa shape index (κ2) is 20.6. The third kappa shape index (κ3) is 9.17. The zero-order chi connectivity index (χ0) is 49.4. The summed E-state index contributed by atoms with van der Waals surface area (Å²) < 4.78 is 53.2. The molecule has 7 fully saturated rings. The highest BCUT2D eigenvalue weighted by Crippen LogP contribution is 2.68. The first kappa shape index (κ1) is 53.2. The predicted octanol–water partition coefficient (Wildman–Crippen LogP) is -3.60. The van der Waals surface area contributed by atoms with Crippen molar-refractivity contribution in [3.63, 3.8) is 0 Å². The van der Waals surface area contributed by atoms with Gasteiger partial charge >= 0.3 is 0 Å². The Hall–Kier alpha value is -1.14. The molecule has 68 heavy (non-hydrogen) atoms. The molecule has 28 atom stereocenters. The van der Waals surface area contributed by atoms with Gasteiger partial charge in [-0.1, -0.05) is 25.5 Å². The monoisotopic (exact) mass is 980 g/mol. The molecular formula is C46H76O22. The zero-order valence-corrected chi connectivity index (χ0v) is 39.3. The molecule has 0 aromatic heterocycles. The van der Waals surface area contributed by atoms with Crippen molar-refractivity contribution in [3.8, 4) is 0 Å². The van der Waals surface area contributed by atoms with Crippen LogP contribution in [0.15, 0.2) is 11.6 Å². The summed E-state index contributed by atoms with van der Waals surface area (Å²) >= 11 is 0. The number of hydrogen-bond donors (Lipinski definition) is 13. The Morgan fingerprint density at radius 2 is 1.21 bits per heavy atom. The van der Waals surface area contributed by atoms with Gasteiger partial charge in [-0.2, -0.15) is 0 Å². The van der Waals surface area contributed by atoms with E-state index in [2.05, 4.69) is 19.9 Å². The number of aliphatic hydroxyl groups is 13. The lowest BCUT2D eigenvalue weighted by atomic mass is 9.45. The van der Waals surface area contributed by atoms with E-state index in [0.717, 1.165) is 12.8 Å². The summed E-state index contributed by atoms with van der Waals surface area (Å²) in [5, 5.41) is 138. The van der Waals surface area contributed by atoms with E-state index in [1.54, 1.807) is 6.92 Å². The van der Waals surface area contributed by atoms with Crippen molar-refractivity contribution in [1.29, 1.82) is 0 Å². The largest absolute Gasteiger partial charge is 0.394 e. The molecule has 0 amide bonds. The molecule has 0 aromatic rings. The summed E-state index contributed by atoms with van der Waals surface area (Å²) in [6, 6.07) is 0. The predicted molar refractivity (Wildman–Crippen MR) is 228 cm³/mol. The minimum Gasteiger partial charge on any atom is -0.394 e. The number of rotatable bonds is 13. The van der Waals surface area contributed by atoms with Crippen molar-refractivity contribution in [2.24, 2.45) is 28.6 Å². The van der Waals surface area contributed by atoms with Crippen molar-refractivity contribution >= 4 is 0 Å². The van der Waals surface area contributed by atoms with Crippen LogP contribution >= 0.6 is 0 Å². The number of allylic oxidation sites excluding steroid dienone is 1. The van der Waals surface area contributed by atoms with Crippen molar-refractivity contribution < 1.29 is 109 Å². The van der Waals surface area contributed by atoms with Gasteiger partial charge in [0.15, 0.2) is 25.2 Å². The van der Waals surface area contributed by atoms with Crippen LogP contribution < -0.4 is 0 Å². The van der Waals surface area contributed by atoms with E-state index < -0.39 is 160 Å². The lowest BCUT2D eigenvalue weighted by Gasteiger charge is -2.61. The number of fused-ring (bicyclic) bond motifs is 5. The molecule has 3 saturated carbocycles. The van der Waals surface area contributed by atoms with Crippen LogP contribution in [0.2, 0.25) is 0 Å². The fourth-order valence-corrected chi connectivity index (χ4v) is 13.5. The summed E-state index contributed by atoms with van der Waals surface area (Å²) in [6.07, 6.45) is -21.4. The second-order valence-corrected chi connectivity index (χ2v) is 21.2. The molecule has 0 bridgehead atoms. The Bertz CT molecular complexity index is 1730. The smallest absolute Gasteiger partial charge is 0.187 e. The zero-order valence-electron chi connectivity index (χ0n) is 39.3. The topological polar surface area (TPSA) is 346 Å². The molecule has 28 unspecified atom stereocenters. The van der Waals surface area contributed by atoms with Crippen LogP contribution in [0.5, 0.6) is 0 Å². The van der Waals surface area contributed by atoms with Gasteiger partial charge < -0.3 is 109 Å². The molecule has 0 spiro atoms. The lowest BCUT2D eigenvalue weighted by Crippen LogP contribution is -2.64. The van der Waals surface area contributed by atoms with Gasteiger partial charge in [-0.25, -0.2) is 0 Å². The average molecular weight is 981 g/mol. The summed E-state index contributed by atoms with van der Waals surface area (Å²) in [5.41, 5.74) is -0.651. The van der Waals surface area contributed by atoms with Crippen LogP contribution in [0, 0.1) is 28.6 Å². The molecule has 8 aliphatic rings. The fourth-order valence-electron chi connectivity index (χ4n) is 13.5. The maximum absolute atomic E-state index is 12.9. The third-order valence-corrected chi connectivity index (χ3v) is 17.7. The normalized spacial score (nSPS) is 54.6. The molecule has 0 aromatic carbocycles. The summed E-state index contributed by atoms with van der Waals surface area (Å²) in [5.74, 6) is -0.0767. The SMILES string of the molecule is COC1C(O)C(OC2CCC3(C)C(=CCC4C3CCC3(C)C(C(C)OC5OC(COC6OC(CO)C(O)C(O)C6O)C(O)C(O)C5O)CCC43O)C2)OC(C)C1OC1OC(CO)C(O)C(O)C1O. The standard InChI is InChI=1S/C46H76O22/c1-18(62-41-35(56)33(54)30(51)27(67-41)17-61-40-34(55)31(52)28(49)25(15-47)65-40)22-10-13-46(59)24-7-6-20-14-21(8-11-44(20,3)23(24)9-12-45(22,46)4)64-43-37(58)39(60-5)38(19(2)63-43)68-42-36(57)32(53)29(50)26(16-48)66-42/h6,18-19,21-43,47-59H,7-17H2,1-5H3. The van der Waals surface area contributed by atoms with Gasteiger partial charge in [-0.15, -0.1) is 0 Å². The van der Waals surface area contributed by atoms with E-state index in [4.69, 9.17) is 42.6 Å². The molecule has 4 saturated heterocycles. The van der Waals surface area contributed by atoms with E-state index >= 15 is 0 Å². The summed E-state index contributed by atoms with van der Waals surface area (Å²) in [7, 11) is 1.39. The van der Waals surface area contributed by atoms with E-state index in [9.17, 15) is 66.4 Å². The first-order valence-electron chi connectivity index (χ1n) is 24.3. The van der Waals surface area contributed by atoms with Gasteiger partial charge in [-0.3, -0.25) is 0 Å². The van der Waals surface area contributed by atoms with Crippen LogP contribution in [0.3, 0.4) is 0 Å². The third-order valence-electron chi connectivity index (χ3n) is 17.7. The summed E-state index contributed by atoms with van der Waals surface area (Å²) in [6.45, 7) is 6.13. The Morgan fingerprint density at radius 1 is 0.632 bits per heavy atom. The second-order valence-electron chi connectivity index (χ2n) is 21.2. The van der Waals surface area contributed by atoms with Crippen LogP contribution in [0.1, 0.15) is 79.1 Å². The van der Waals surface area contributed by atoms with Crippen LogP contribution in [-0.2, 0) is 42.6 Å². The van der Waals surface area contributed by atoms with E-state index in [1.165, 1.54) is 12.7 Å². The van der Waals surface area contributed by atoms with Gasteiger partial charge in [0.2, 0.25) is 0 Å². The maximum atomic E-state index is 12.9. The van der Waals surface area contributed by atoms with Crippen LogP contribution in [0.4, 0.5) is 0 Å². The molecular weight excluding hydrogens is 904 g/mol. The first-order valence-corrected chi connectivity index (χ1v) is 24.3. The molecule has 13 N–H and O–H groups in total. The highest BCUT2D eigenvalue weighted by atomic mass is 16.8. The lowest BCUT2D eigenvalue weighted by molar-refractivity contribution is -0.361. The molecule has 8 rings (SSSR count). The van der Waals surface area contributed by atoms with Crippen molar-refractivity contribution in [3.05, 3.63) is 11.6 Å². The van der Waals surface area contributed by atoms with Gasteiger partial charge in [0.1, 0.15) is 91.6 Å². The highest BCUT2D eigenvalue weighted by Gasteiger charge is 2.67. The van der Waals surface area contributed by atoms with E-state index in [-0.39, 0.29) is 29.3 Å². The maximum Gasteiger partial charge on any atom is 0.187 e. The fraction of sp³-hybridized carbons (Fsp3) is 0.957. The Morgan fingerprint density at radius 3 is 1.84 bits per heavy atom. The van der Waals surface area contributed by atoms with Crippen molar-refractivity contribution in [1.82, 2.24) is 0 Å². The van der Waals surface area contributed by atoms with Crippen molar-refractivity contribution in [2.75, 3.05) is 26.9 Å². The molecule has 22 nitrogen and oxygen atoms in total.